The van der Waals surface area contributed by atoms with Crippen molar-refractivity contribution < 1.29 is 19.1 Å². The molecule has 0 bridgehead atoms. The number of aryl methyl sites for hydroxylation is 1. The van der Waals surface area contributed by atoms with Gasteiger partial charge in [-0.25, -0.2) is 9.78 Å². The molecule has 3 amide bonds. The topological polar surface area (TPSA) is 109 Å². The van der Waals surface area contributed by atoms with Gasteiger partial charge in [-0.1, -0.05) is 91.9 Å². The van der Waals surface area contributed by atoms with E-state index in [4.69, 9.17) is 4.74 Å². The van der Waals surface area contributed by atoms with Crippen molar-refractivity contribution in [1.82, 2.24) is 21.2 Å². The Bertz CT molecular complexity index is 1390. The third kappa shape index (κ3) is 9.06. The number of ether oxygens (including phenoxy) is 1. The van der Waals surface area contributed by atoms with Gasteiger partial charge in [-0.2, -0.15) is 0 Å². The van der Waals surface area contributed by atoms with Crippen LogP contribution in [0.5, 0.6) is 0 Å². The lowest BCUT2D eigenvalue weighted by Gasteiger charge is -2.12. The second-order valence-electron chi connectivity index (χ2n) is 9.45. The van der Waals surface area contributed by atoms with E-state index in [1.165, 1.54) is 11.3 Å². The average Bonchev–Trinajstić information content (AvgIpc) is 3.47. The number of thiazole rings is 1. The summed E-state index contributed by atoms with van der Waals surface area (Å²) < 4.78 is 5.23. The molecule has 0 fully saturated rings. The summed E-state index contributed by atoms with van der Waals surface area (Å²) in [4.78, 5) is 41.1. The first kappa shape index (κ1) is 28.5. The molecule has 1 atom stereocenters. The Hall–Kier alpha value is -4.50. The van der Waals surface area contributed by atoms with Gasteiger partial charge in [-0.15, -0.1) is 11.3 Å². The van der Waals surface area contributed by atoms with Crippen molar-refractivity contribution in [2.45, 2.75) is 32.8 Å². The number of nitrogens with zero attached hydrogens (tertiary/aromatic N) is 1. The molecule has 9 heteroatoms. The van der Waals surface area contributed by atoms with Gasteiger partial charge in [-0.3, -0.25) is 20.4 Å². The van der Waals surface area contributed by atoms with Gasteiger partial charge in [0.1, 0.15) is 12.3 Å². The van der Waals surface area contributed by atoms with Gasteiger partial charge in [0.25, 0.3) is 5.91 Å². The number of hydrazine groups is 1. The number of benzene rings is 3. The maximum atomic E-state index is 12.5. The molecule has 40 heavy (non-hydrogen) atoms. The van der Waals surface area contributed by atoms with Crippen LogP contribution in [-0.2, 0) is 29.0 Å². The predicted octanol–water partition coefficient (Wildman–Crippen LogP) is 5.31. The maximum Gasteiger partial charge on any atom is 0.407 e. The Labute approximate surface area is 237 Å². The lowest BCUT2D eigenvalue weighted by atomic mass is 10.0. The summed E-state index contributed by atoms with van der Waals surface area (Å²) in [5.74, 6) is -0.586. The highest BCUT2D eigenvalue weighted by molar-refractivity contribution is 7.09. The molecule has 0 aliphatic heterocycles. The van der Waals surface area contributed by atoms with Gasteiger partial charge in [0.05, 0.1) is 11.4 Å². The summed E-state index contributed by atoms with van der Waals surface area (Å²) in [6.45, 7) is 2.74. The number of carbonyl (C=O) groups is 3. The molecule has 0 radical (unpaired) electrons. The monoisotopic (exact) mass is 556 g/mol. The number of hydrogen-bond acceptors (Lipinski definition) is 6. The van der Waals surface area contributed by atoms with Crippen molar-refractivity contribution in [2.24, 2.45) is 5.92 Å². The molecule has 206 valence electrons. The van der Waals surface area contributed by atoms with E-state index in [0.717, 1.165) is 33.7 Å². The van der Waals surface area contributed by atoms with Crippen molar-refractivity contribution in [2.75, 3.05) is 6.54 Å². The molecule has 0 spiro atoms. The number of amides is 3. The molecule has 3 aromatic carbocycles. The summed E-state index contributed by atoms with van der Waals surface area (Å²) in [6, 6.07) is 27.3. The molecular weight excluding hydrogens is 524 g/mol. The zero-order chi connectivity index (χ0) is 28.2. The number of rotatable bonds is 11. The second-order valence-corrected chi connectivity index (χ2v) is 10.4. The standard InChI is InChI=1S/C31H32N4O4S/c1-22(19-32-31(38)39-20-24-8-4-2-5-9-24)12-17-29-33-27(21-40-29)30(37)35-34-28(36)18-23-13-15-26(16-14-23)25-10-6-3-7-11-25/h2-11,13-16,21-22H,12,17-20H2,1H3,(H,32,38)(H,34,36)(H,35,37). The highest BCUT2D eigenvalue weighted by Gasteiger charge is 2.14. The molecule has 1 heterocycles. The molecule has 0 aliphatic rings. The summed E-state index contributed by atoms with van der Waals surface area (Å²) in [6.07, 6.45) is 1.15. The Balaban J connectivity index is 1.13. The quantitative estimate of drug-likeness (QED) is 0.217. The van der Waals surface area contributed by atoms with E-state index in [-0.39, 0.29) is 30.5 Å². The number of aromatic nitrogens is 1. The van der Waals surface area contributed by atoms with Crippen molar-refractivity contribution in [1.29, 1.82) is 0 Å². The van der Waals surface area contributed by atoms with Crippen LogP contribution in [0.3, 0.4) is 0 Å². The van der Waals surface area contributed by atoms with Crippen LogP contribution in [0.2, 0.25) is 0 Å². The van der Waals surface area contributed by atoms with E-state index in [0.29, 0.717) is 13.0 Å². The summed E-state index contributed by atoms with van der Waals surface area (Å²) >= 11 is 1.39. The van der Waals surface area contributed by atoms with Gasteiger partial charge in [-0.05, 0) is 41.0 Å². The van der Waals surface area contributed by atoms with Crippen LogP contribution < -0.4 is 16.2 Å². The van der Waals surface area contributed by atoms with Crippen LogP contribution in [0, 0.1) is 5.92 Å². The molecule has 1 unspecified atom stereocenters. The zero-order valence-electron chi connectivity index (χ0n) is 22.3. The highest BCUT2D eigenvalue weighted by atomic mass is 32.1. The minimum absolute atomic E-state index is 0.142. The summed E-state index contributed by atoms with van der Waals surface area (Å²) in [5.41, 5.74) is 9.10. The molecule has 4 rings (SSSR count). The largest absolute Gasteiger partial charge is 0.445 e. The molecule has 1 aromatic heterocycles. The fourth-order valence-electron chi connectivity index (χ4n) is 3.90. The first-order valence-electron chi connectivity index (χ1n) is 13.1. The van der Waals surface area contributed by atoms with Crippen LogP contribution in [0.4, 0.5) is 4.79 Å². The third-order valence-corrected chi connectivity index (χ3v) is 7.09. The number of alkyl carbamates (subject to hydrolysis) is 1. The lowest BCUT2D eigenvalue weighted by Crippen LogP contribution is -2.42. The lowest BCUT2D eigenvalue weighted by molar-refractivity contribution is -0.121. The first-order valence-corrected chi connectivity index (χ1v) is 14.0. The van der Waals surface area contributed by atoms with Gasteiger partial charge in [0, 0.05) is 11.9 Å². The average molecular weight is 557 g/mol. The normalized spacial score (nSPS) is 11.3. The van der Waals surface area contributed by atoms with Gasteiger partial charge in [0.15, 0.2) is 0 Å². The van der Waals surface area contributed by atoms with Gasteiger partial charge < -0.3 is 10.1 Å². The van der Waals surface area contributed by atoms with Crippen LogP contribution in [-0.4, -0.2) is 29.4 Å². The minimum atomic E-state index is -0.467. The van der Waals surface area contributed by atoms with Crippen molar-refractivity contribution in [3.8, 4) is 11.1 Å². The first-order chi connectivity index (χ1) is 19.5. The Morgan fingerprint density at radius 2 is 1.52 bits per heavy atom. The van der Waals surface area contributed by atoms with E-state index < -0.39 is 12.0 Å². The van der Waals surface area contributed by atoms with Gasteiger partial charge >= 0.3 is 6.09 Å². The van der Waals surface area contributed by atoms with Crippen LogP contribution in [0.1, 0.15) is 40.0 Å². The Morgan fingerprint density at radius 1 is 0.850 bits per heavy atom. The Morgan fingerprint density at radius 3 is 2.25 bits per heavy atom. The van der Waals surface area contributed by atoms with Crippen molar-refractivity contribution >= 4 is 29.2 Å². The van der Waals surface area contributed by atoms with E-state index in [1.807, 2.05) is 91.9 Å². The molecular formula is C31H32N4O4S. The number of hydrogen-bond donors (Lipinski definition) is 3. The highest BCUT2D eigenvalue weighted by Crippen LogP contribution is 2.19. The maximum absolute atomic E-state index is 12.5. The van der Waals surface area contributed by atoms with E-state index in [1.54, 1.807) is 5.38 Å². The van der Waals surface area contributed by atoms with E-state index >= 15 is 0 Å². The predicted molar refractivity (Wildman–Crippen MR) is 155 cm³/mol. The number of nitrogens with one attached hydrogen (secondary N) is 3. The summed E-state index contributed by atoms with van der Waals surface area (Å²) in [5, 5.41) is 5.27. The Kier molecular flexibility index (Phi) is 10.4. The van der Waals surface area contributed by atoms with Crippen molar-refractivity contribution in [3.63, 3.8) is 0 Å². The molecule has 0 saturated heterocycles. The third-order valence-electron chi connectivity index (χ3n) is 6.18. The zero-order valence-corrected chi connectivity index (χ0v) is 23.1. The molecule has 4 aromatic rings. The minimum Gasteiger partial charge on any atom is -0.445 e. The van der Waals surface area contributed by atoms with Crippen LogP contribution in [0.15, 0.2) is 90.3 Å². The molecule has 0 aliphatic carbocycles. The second kappa shape index (κ2) is 14.6. The van der Waals surface area contributed by atoms with Crippen molar-refractivity contribution in [3.05, 3.63) is 112 Å². The smallest absolute Gasteiger partial charge is 0.407 e. The fraction of sp³-hybridized carbons (Fsp3) is 0.226. The van der Waals surface area contributed by atoms with Crippen LogP contribution >= 0.6 is 11.3 Å². The SMILES string of the molecule is CC(CCc1nc(C(=O)NNC(=O)Cc2ccc(-c3ccccc3)cc2)cs1)CNC(=O)OCc1ccccc1. The summed E-state index contributed by atoms with van der Waals surface area (Å²) in [7, 11) is 0. The molecule has 8 nitrogen and oxygen atoms in total. The van der Waals surface area contributed by atoms with Gasteiger partial charge in [0.2, 0.25) is 5.91 Å². The van der Waals surface area contributed by atoms with E-state index in [9.17, 15) is 14.4 Å². The fourth-order valence-corrected chi connectivity index (χ4v) is 4.69. The molecule has 3 N–H and O–H groups in total. The van der Waals surface area contributed by atoms with Crippen LogP contribution in [0.25, 0.3) is 11.1 Å². The molecule has 0 saturated carbocycles. The number of carbonyl (C=O) groups excluding carboxylic acids is 3. The van der Waals surface area contributed by atoms with E-state index in [2.05, 4.69) is 21.2 Å².